The molecule has 2 aromatic rings. The number of carbonyl (C=O) groups excluding carboxylic acids is 1. The van der Waals surface area contributed by atoms with Gasteiger partial charge in [-0.15, -0.1) is 11.3 Å². The minimum Gasteiger partial charge on any atom is -0.325 e. The number of hydrogen-bond acceptors (Lipinski definition) is 2. The van der Waals surface area contributed by atoms with Gasteiger partial charge in [0.2, 0.25) is 5.91 Å². The SMILES string of the molecule is Cc1ccc(C[C@H]2C(=O)Nc3c(C)cccc32)s1. The number of carbonyl (C=O) groups is 1. The van der Waals surface area contributed by atoms with Crippen LogP contribution in [-0.2, 0) is 11.2 Å². The quantitative estimate of drug-likeness (QED) is 0.874. The number of fused-ring (bicyclic) bond motifs is 1. The molecule has 3 rings (SSSR count). The van der Waals surface area contributed by atoms with Gasteiger partial charge in [0.1, 0.15) is 0 Å². The highest BCUT2D eigenvalue weighted by Gasteiger charge is 2.31. The van der Waals surface area contributed by atoms with Crippen molar-refractivity contribution in [2.75, 3.05) is 5.32 Å². The normalized spacial score (nSPS) is 17.7. The van der Waals surface area contributed by atoms with Crippen LogP contribution in [0.2, 0.25) is 0 Å². The maximum absolute atomic E-state index is 12.1. The van der Waals surface area contributed by atoms with E-state index >= 15 is 0 Å². The molecule has 0 radical (unpaired) electrons. The van der Waals surface area contributed by atoms with Crippen LogP contribution in [-0.4, -0.2) is 5.91 Å². The predicted molar refractivity (Wildman–Crippen MR) is 75.3 cm³/mol. The number of aryl methyl sites for hydroxylation is 2. The molecule has 0 aliphatic carbocycles. The first-order valence-electron chi connectivity index (χ1n) is 6.11. The number of hydrogen-bond donors (Lipinski definition) is 1. The third kappa shape index (κ3) is 1.85. The number of benzene rings is 1. The van der Waals surface area contributed by atoms with Crippen LogP contribution < -0.4 is 5.32 Å². The number of thiophene rings is 1. The fourth-order valence-corrected chi connectivity index (χ4v) is 3.44. The van der Waals surface area contributed by atoms with Crippen molar-refractivity contribution in [1.82, 2.24) is 0 Å². The van der Waals surface area contributed by atoms with Gasteiger partial charge in [-0.2, -0.15) is 0 Å². The van der Waals surface area contributed by atoms with Gasteiger partial charge in [0.25, 0.3) is 0 Å². The van der Waals surface area contributed by atoms with Gasteiger partial charge in [-0.1, -0.05) is 18.2 Å². The first-order chi connectivity index (χ1) is 8.65. The molecule has 0 saturated carbocycles. The Morgan fingerprint density at radius 1 is 1.22 bits per heavy atom. The number of nitrogens with one attached hydrogen (secondary N) is 1. The predicted octanol–water partition coefficient (Wildman–Crippen LogP) is 3.64. The molecular weight excluding hydrogens is 242 g/mol. The summed E-state index contributed by atoms with van der Waals surface area (Å²) in [5, 5.41) is 3.01. The minimum absolute atomic E-state index is 0.0297. The molecule has 2 heterocycles. The summed E-state index contributed by atoms with van der Waals surface area (Å²) in [7, 11) is 0. The number of amides is 1. The van der Waals surface area contributed by atoms with Crippen LogP contribution in [0.3, 0.4) is 0 Å². The van der Waals surface area contributed by atoms with Gasteiger partial charge in [-0.3, -0.25) is 4.79 Å². The molecule has 1 atom stereocenters. The Bertz CT molecular complexity index is 615. The standard InChI is InChI=1S/C15H15NOS/c1-9-4-3-5-12-13(15(17)16-14(9)12)8-11-7-6-10(2)18-11/h3-7,13H,8H2,1-2H3,(H,16,17)/t13-/m1/s1. The number of anilines is 1. The van der Waals surface area contributed by atoms with Crippen LogP contribution in [0.1, 0.15) is 26.8 Å². The fourth-order valence-electron chi connectivity index (χ4n) is 2.50. The summed E-state index contributed by atoms with van der Waals surface area (Å²) in [5.74, 6) is 0.100. The maximum Gasteiger partial charge on any atom is 0.232 e. The van der Waals surface area contributed by atoms with E-state index in [4.69, 9.17) is 0 Å². The summed E-state index contributed by atoms with van der Waals surface area (Å²) in [6.45, 7) is 4.14. The van der Waals surface area contributed by atoms with Crippen molar-refractivity contribution in [1.29, 1.82) is 0 Å². The van der Waals surface area contributed by atoms with Crippen molar-refractivity contribution >= 4 is 22.9 Å². The summed E-state index contributed by atoms with van der Waals surface area (Å²) in [4.78, 5) is 14.7. The van der Waals surface area contributed by atoms with Gasteiger partial charge in [0.15, 0.2) is 0 Å². The Kier molecular flexibility index (Phi) is 2.71. The highest BCUT2D eigenvalue weighted by Crippen LogP contribution is 2.37. The van der Waals surface area contributed by atoms with Crippen LogP contribution in [0.4, 0.5) is 5.69 Å². The maximum atomic E-state index is 12.1. The highest BCUT2D eigenvalue weighted by atomic mass is 32.1. The molecule has 1 aliphatic rings. The van der Waals surface area contributed by atoms with E-state index in [0.717, 1.165) is 23.2 Å². The van der Waals surface area contributed by atoms with E-state index in [9.17, 15) is 4.79 Å². The number of rotatable bonds is 2. The molecule has 18 heavy (non-hydrogen) atoms. The van der Waals surface area contributed by atoms with Crippen LogP contribution in [0.25, 0.3) is 0 Å². The van der Waals surface area contributed by atoms with Crippen molar-refractivity contribution in [3.05, 3.63) is 51.2 Å². The van der Waals surface area contributed by atoms with Gasteiger partial charge in [-0.25, -0.2) is 0 Å². The second-order valence-corrected chi connectivity index (χ2v) is 6.17. The summed E-state index contributed by atoms with van der Waals surface area (Å²) in [6.07, 6.45) is 0.806. The van der Waals surface area contributed by atoms with E-state index < -0.39 is 0 Å². The lowest BCUT2D eigenvalue weighted by Gasteiger charge is -2.07. The molecule has 92 valence electrons. The Balaban J connectivity index is 1.95. The molecule has 1 aromatic heterocycles. The number of para-hydroxylation sites is 1. The van der Waals surface area contributed by atoms with Crippen molar-refractivity contribution in [3.63, 3.8) is 0 Å². The van der Waals surface area contributed by atoms with Crippen LogP contribution in [0, 0.1) is 13.8 Å². The van der Waals surface area contributed by atoms with Crippen molar-refractivity contribution in [3.8, 4) is 0 Å². The van der Waals surface area contributed by atoms with Crippen LogP contribution in [0.5, 0.6) is 0 Å². The fraction of sp³-hybridized carbons (Fsp3) is 0.267. The molecule has 2 nitrogen and oxygen atoms in total. The van der Waals surface area contributed by atoms with E-state index in [0.29, 0.717) is 0 Å². The van der Waals surface area contributed by atoms with Crippen LogP contribution >= 0.6 is 11.3 Å². The largest absolute Gasteiger partial charge is 0.325 e. The van der Waals surface area contributed by atoms with E-state index in [1.54, 1.807) is 11.3 Å². The van der Waals surface area contributed by atoms with Crippen LogP contribution in [0.15, 0.2) is 30.3 Å². The lowest BCUT2D eigenvalue weighted by molar-refractivity contribution is -0.117. The Labute approximate surface area is 111 Å². The lowest BCUT2D eigenvalue weighted by Crippen LogP contribution is -2.13. The zero-order valence-electron chi connectivity index (χ0n) is 10.5. The third-order valence-electron chi connectivity index (χ3n) is 3.45. The average Bonchev–Trinajstić information content (AvgIpc) is 2.87. The van der Waals surface area contributed by atoms with E-state index in [2.05, 4.69) is 30.4 Å². The summed E-state index contributed by atoms with van der Waals surface area (Å²) >= 11 is 1.78. The molecule has 0 fully saturated rings. The zero-order chi connectivity index (χ0) is 12.7. The Morgan fingerprint density at radius 2 is 2.06 bits per heavy atom. The molecule has 0 unspecified atom stereocenters. The van der Waals surface area contributed by atoms with Gasteiger partial charge in [0, 0.05) is 15.4 Å². The molecule has 1 aromatic carbocycles. The highest BCUT2D eigenvalue weighted by molar-refractivity contribution is 7.11. The smallest absolute Gasteiger partial charge is 0.232 e. The van der Waals surface area contributed by atoms with Crippen molar-refractivity contribution < 1.29 is 4.79 Å². The average molecular weight is 257 g/mol. The van der Waals surface area contributed by atoms with E-state index in [1.807, 2.05) is 19.1 Å². The Hall–Kier alpha value is -1.61. The topological polar surface area (TPSA) is 29.1 Å². The summed E-state index contributed by atoms with van der Waals surface area (Å²) in [6, 6.07) is 10.4. The zero-order valence-corrected chi connectivity index (χ0v) is 11.3. The molecule has 1 N–H and O–H groups in total. The van der Waals surface area contributed by atoms with Gasteiger partial charge in [0.05, 0.1) is 5.92 Å². The molecule has 1 aliphatic heterocycles. The second kappa shape index (κ2) is 4.25. The molecular formula is C15H15NOS. The van der Waals surface area contributed by atoms with Gasteiger partial charge < -0.3 is 5.32 Å². The second-order valence-electron chi connectivity index (χ2n) is 4.80. The first kappa shape index (κ1) is 11.5. The first-order valence-corrected chi connectivity index (χ1v) is 6.92. The summed E-state index contributed by atoms with van der Waals surface area (Å²) in [5.41, 5.74) is 3.30. The minimum atomic E-state index is -0.0297. The van der Waals surface area contributed by atoms with E-state index in [-0.39, 0.29) is 11.8 Å². The summed E-state index contributed by atoms with van der Waals surface area (Å²) < 4.78 is 0. The molecule has 0 bridgehead atoms. The van der Waals surface area contributed by atoms with Crippen molar-refractivity contribution in [2.45, 2.75) is 26.2 Å². The van der Waals surface area contributed by atoms with Gasteiger partial charge in [-0.05, 0) is 43.5 Å². The Morgan fingerprint density at radius 3 is 2.78 bits per heavy atom. The molecule has 3 heteroatoms. The van der Waals surface area contributed by atoms with E-state index in [1.165, 1.54) is 9.75 Å². The van der Waals surface area contributed by atoms with Crippen molar-refractivity contribution in [2.24, 2.45) is 0 Å². The monoisotopic (exact) mass is 257 g/mol. The third-order valence-corrected chi connectivity index (χ3v) is 4.47. The molecule has 0 spiro atoms. The lowest BCUT2D eigenvalue weighted by atomic mass is 9.95. The van der Waals surface area contributed by atoms with Gasteiger partial charge >= 0.3 is 0 Å². The molecule has 1 amide bonds. The molecule has 0 saturated heterocycles.